The van der Waals surface area contributed by atoms with Crippen molar-refractivity contribution in [1.29, 1.82) is 0 Å². The van der Waals surface area contributed by atoms with E-state index < -0.39 is 0 Å². The number of thioether (sulfide) groups is 1. The van der Waals surface area contributed by atoms with Gasteiger partial charge in [-0.05, 0) is 25.7 Å². The number of nitrogens with zero attached hydrogens (tertiary/aromatic N) is 2. The zero-order valence-electron chi connectivity index (χ0n) is 12.3. The fourth-order valence-corrected chi connectivity index (χ4v) is 5.09. The summed E-state index contributed by atoms with van der Waals surface area (Å²) in [5.41, 5.74) is 0. The van der Waals surface area contributed by atoms with Crippen molar-refractivity contribution in [3.8, 4) is 0 Å². The molecule has 0 radical (unpaired) electrons. The number of aromatic nitrogens is 1. The zero-order chi connectivity index (χ0) is 14.5. The van der Waals surface area contributed by atoms with Crippen LogP contribution in [0.5, 0.6) is 0 Å². The predicted octanol–water partition coefficient (Wildman–Crippen LogP) is 2.90. The second-order valence-corrected chi connectivity index (χ2v) is 7.99. The standard InChI is InChI=1S/C15H23N3OS2/c19-14(11-21-13-5-1-2-6-13)17-10-12-4-3-8-18(12)15-16-7-9-20-15/h7,9,12-13H,1-6,8,10-11H2,(H,17,19)/t12-/m1/s1. The third kappa shape index (κ3) is 4.13. The Morgan fingerprint density at radius 3 is 3.00 bits per heavy atom. The maximum atomic E-state index is 12.0. The number of rotatable bonds is 6. The molecule has 1 N–H and O–H groups in total. The minimum atomic E-state index is 0.192. The fourth-order valence-electron chi connectivity index (χ4n) is 3.19. The normalized spacial score (nSPS) is 22.9. The molecule has 0 unspecified atom stereocenters. The molecule has 1 aromatic rings. The highest BCUT2D eigenvalue weighted by Crippen LogP contribution is 2.29. The van der Waals surface area contributed by atoms with Crippen molar-refractivity contribution in [2.24, 2.45) is 0 Å². The van der Waals surface area contributed by atoms with Gasteiger partial charge in [0, 0.05) is 36.0 Å². The van der Waals surface area contributed by atoms with Gasteiger partial charge in [0.05, 0.1) is 5.75 Å². The van der Waals surface area contributed by atoms with E-state index in [2.05, 4.69) is 15.2 Å². The minimum absolute atomic E-state index is 0.192. The number of anilines is 1. The molecule has 6 heteroatoms. The molecule has 1 saturated heterocycles. The lowest BCUT2D eigenvalue weighted by molar-refractivity contribution is -0.118. The van der Waals surface area contributed by atoms with Gasteiger partial charge in [-0.2, -0.15) is 0 Å². The van der Waals surface area contributed by atoms with Crippen LogP contribution in [0.2, 0.25) is 0 Å². The molecule has 4 nitrogen and oxygen atoms in total. The van der Waals surface area contributed by atoms with Crippen LogP contribution in [0.15, 0.2) is 11.6 Å². The Balaban J connectivity index is 1.40. The lowest BCUT2D eigenvalue weighted by Gasteiger charge is -2.24. The first-order valence-electron chi connectivity index (χ1n) is 7.87. The molecule has 1 saturated carbocycles. The first kappa shape index (κ1) is 15.2. The average Bonchev–Trinajstić information content (AvgIpc) is 3.24. The van der Waals surface area contributed by atoms with Gasteiger partial charge in [0.2, 0.25) is 5.91 Å². The van der Waals surface area contributed by atoms with Crippen LogP contribution in [0.4, 0.5) is 5.13 Å². The Morgan fingerprint density at radius 1 is 1.38 bits per heavy atom. The van der Waals surface area contributed by atoms with Crippen molar-refractivity contribution in [3.63, 3.8) is 0 Å². The molecule has 1 amide bonds. The Kier molecular flexibility index (Phi) is 5.41. The van der Waals surface area contributed by atoms with E-state index >= 15 is 0 Å². The van der Waals surface area contributed by atoms with Crippen LogP contribution in [0.25, 0.3) is 0 Å². The molecule has 1 aromatic heterocycles. The van der Waals surface area contributed by atoms with E-state index in [0.29, 0.717) is 17.0 Å². The first-order valence-corrected chi connectivity index (χ1v) is 9.80. The Hall–Kier alpha value is -0.750. The smallest absolute Gasteiger partial charge is 0.230 e. The van der Waals surface area contributed by atoms with Crippen molar-refractivity contribution in [2.75, 3.05) is 23.7 Å². The van der Waals surface area contributed by atoms with Gasteiger partial charge < -0.3 is 10.2 Å². The van der Waals surface area contributed by atoms with Gasteiger partial charge >= 0.3 is 0 Å². The van der Waals surface area contributed by atoms with Gasteiger partial charge in [0.15, 0.2) is 5.13 Å². The van der Waals surface area contributed by atoms with E-state index in [4.69, 9.17) is 0 Å². The molecule has 0 bridgehead atoms. The largest absolute Gasteiger partial charge is 0.353 e. The molecule has 2 heterocycles. The maximum Gasteiger partial charge on any atom is 0.230 e. The molecule has 21 heavy (non-hydrogen) atoms. The van der Waals surface area contributed by atoms with Gasteiger partial charge in [0.25, 0.3) is 0 Å². The summed E-state index contributed by atoms with van der Waals surface area (Å²) in [6, 6.07) is 0.414. The number of hydrogen-bond donors (Lipinski definition) is 1. The summed E-state index contributed by atoms with van der Waals surface area (Å²) in [5, 5.41) is 6.94. The highest BCUT2D eigenvalue weighted by molar-refractivity contribution is 8.00. The number of carbonyl (C=O) groups is 1. The molecule has 116 valence electrons. The van der Waals surface area contributed by atoms with Crippen LogP contribution in [-0.2, 0) is 4.79 Å². The Labute approximate surface area is 134 Å². The van der Waals surface area contributed by atoms with Gasteiger partial charge in [-0.25, -0.2) is 4.98 Å². The van der Waals surface area contributed by atoms with Crippen molar-refractivity contribution in [1.82, 2.24) is 10.3 Å². The summed E-state index contributed by atoms with van der Waals surface area (Å²) >= 11 is 3.52. The fraction of sp³-hybridized carbons (Fsp3) is 0.733. The van der Waals surface area contributed by atoms with Gasteiger partial charge in [-0.15, -0.1) is 23.1 Å². The zero-order valence-corrected chi connectivity index (χ0v) is 13.9. The van der Waals surface area contributed by atoms with Crippen molar-refractivity contribution < 1.29 is 4.79 Å². The van der Waals surface area contributed by atoms with Gasteiger partial charge in [0.1, 0.15) is 0 Å². The second-order valence-electron chi connectivity index (χ2n) is 5.83. The van der Waals surface area contributed by atoms with Crippen molar-refractivity contribution >= 4 is 34.1 Å². The minimum Gasteiger partial charge on any atom is -0.353 e. The van der Waals surface area contributed by atoms with Crippen molar-refractivity contribution in [3.05, 3.63) is 11.6 Å². The molecular formula is C15H23N3OS2. The summed E-state index contributed by atoms with van der Waals surface area (Å²) in [6.45, 7) is 1.81. The molecule has 1 aliphatic heterocycles. The Bertz CT molecular complexity index is 446. The molecule has 3 rings (SSSR count). The number of hydrogen-bond acceptors (Lipinski definition) is 5. The van der Waals surface area contributed by atoms with Crippen LogP contribution in [0.1, 0.15) is 38.5 Å². The number of thiazole rings is 1. The topological polar surface area (TPSA) is 45.2 Å². The lowest BCUT2D eigenvalue weighted by Crippen LogP contribution is -2.40. The summed E-state index contributed by atoms with van der Waals surface area (Å²) in [4.78, 5) is 18.7. The average molecular weight is 326 g/mol. The van der Waals surface area contributed by atoms with E-state index in [1.54, 1.807) is 11.3 Å². The van der Waals surface area contributed by atoms with Crippen LogP contribution >= 0.6 is 23.1 Å². The van der Waals surface area contributed by atoms with E-state index in [9.17, 15) is 4.79 Å². The van der Waals surface area contributed by atoms with E-state index in [1.807, 2.05) is 23.3 Å². The van der Waals surface area contributed by atoms with Crippen LogP contribution in [-0.4, -0.2) is 41.0 Å². The quantitative estimate of drug-likeness (QED) is 0.873. The molecule has 0 spiro atoms. The summed E-state index contributed by atoms with van der Waals surface area (Å²) in [6.07, 6.45) is 9.45. The van der Waals surface area contributed by atoms with E-state index in [-0.39, 0.29) is 5.91 Å². The Morgan fingerprint density at radius 2 is 2.24 bits per heavy atom. The highest BCUT2D eigenvalue weighted by atomic mass is 32.2. The number of amides is 1. The molecule has 1 aliphatic carbocycles. The molecule has 0 aromatic carbocycles. The van der Waals surface area contributed by atoms with Gasteiger partial charge in [-0.1, -0.05) is 12.8 Å². The molecule has 1 atom stereocenters. The third-order valence-electron chi connectivity index (χ3n) is 4.33. The second kappa shape index (κ2) is 7.49. The van der Waals surface area contributed by atoms with Crippen LogP contribution < -0.4 is 10.2 Å². The maximum absolute atomic E-state index is 12.0. The predicted molar refractivity (Wildman–Crippen MR) is 90.2 cm³/mol. The van der Waals surface area contributed by atoms with Crippen LogP contribution in [0.3, 0.4) is 0 Å². The van der Waals surface area contributed by atoms with E-state index in [0.717, 1.165) is 24.6 Å². The first-order chi connectivity index (χ1) is 10.3. The van der Waals surface area contributed by atoms with Crippen molar-refractivity contribution in [2.45, 2.75) is 49.8 Å². The molecule has 2 aliphatic rings. The number of carbonyl (C=O) groups excluding carboxylic acids is 1. The van der Waals surface area contributed by atoms with Crippen LogP contribution in [0, 0.1) is 0 Å². The monoisotopic (exact) mass is 325 g/mol. The highest BCUT2D eigenvalue weighted by Gasteiger charge is 2.26. The molecular weight excluding hydrogens is 302 g/mol. The molecule has 2 fully saturated rings. The number of nitrogens with one attached hydrogen (secondary N) is 1. The van der Waals surface area contributed by atoms with E-state index in [1.165, 1.54) is 32.1 Å². The summed E-state index contributed by atoms with van der Waals surface area (Å²) in [5.74, 6) is 0.812. The lowest BCUT2D eigenvalue weighted by atomic mass is 10.2. The SMILES string of the molecule is O=C(CSC1CCCC1)NC[C@H]1CCCN1c1nccs1. The summed E-state index contributed by atoms with van der Waals surface area (Å²) in [7, 11) is 0. The van der Waals surface area contributed by atoms with Gasteiger partial charge in [-0.3, -0.25) is 4.79 Å². The summed E-state index contributed by atoms with van der Waals surface area (Å²) < 4.78 is 0. The third-order valence-corrected chi connectivity index (χ3v) is 6.51.